The monoisotopic (exact) mass is 284 g/mol. The second kappa shape index (κ2) is 5.90. The van der Waals surface area contributed by atoms with Crippen molar-refractivity contribution in [3.05, 3.63) is 34.9 Å². The molecule has 0 unspecified atom stereocenters. The highest BCUT2D eigenvalue weighted by Crippen LogP contribution is 2.28. The molecule has 0 bridgehead atoms. The Morgan fingerprint density at radius 3 is 2.38 bits per heavy atom. The maximum atomic E-state index is 4.43. The molecular formula is C17H24N4. The Morgan fingerprint density at radius 2 is 1.71 bits per heavy atom. The fraction of sp³-hybridized carbons (Fsp3) is 0.471. The Kier molecular flexibility index (Phi) is 3.97. The molecule has 1 aromatic carbocycles. The lowest BCUT2D eigenvalue weighted by Gasteiger charge is -2.23. The molecule has 1 saturated heterocycles. The van der Waals surface area contributed by atoms with E-state index in [0.29, 0.717) is 6.04 Å². The first kappa shape index (κ1) is 14.1. The summed E-state index contributed by atoms with van der Waals surface area (Å²) in [6, 6.07) is 7.11. The zero-order valence-corrected chi connectivity index (χ0v) is 13.1. The molecule has 112 valence electrons. The van der Waals surface area contributed by atoms with Gasteiger partial charge in [-0.3, -0.25) is 5.10 Å². The third kappa shape index (κ3) is 3.10. The van der Waals surface area contributed by atoms with E-state index in [-0.39, 0.29) is 0 Å². The van der Waals surface area contributed by atoms with Crippen molar-refractivity contribution < 1.29 is 0 Å². The minimum atomic E-state index is 0.530. The van der Waals surface area contributed by atoms with E-state index in [4.69, 9.17) is 0 Å². The van der Waals surface area contributed by atoms with Crippen LogP contribution in [-0.2, 0) is 0 Å². The summed E-state index contributed by atoms with van der Waals surface area (Å²) in [5.74, 6) is 0.955. The summed E-state index contributed by atoms with van der Waals surface area (Å²) in [6.45, 7) is 8.64. The van der Waals surface area contributed by atoms with E-state index in [2.05, 4.69) is 59.8 Å². The van der Waals surface area contributed by atoms with Crippen LogP contribution >= 0.6 is 0 Å². The van der Waals surface area contributed by atoms with Crippen LogP contribution < -0.4 is 10.6 Å². The predicted octanol–water partition coefficient (Wildman–Crippen LogP) is 3.17. The van der Waals surface area contributed by atoms with Gasteiger partial charge in [-0.25, -0.2) is 0 Å². The van der Waals surface area contributed by atoms with Crippen LogP contribution in [0.3, 0.4) is 0 Å². The maximum absolute atomic E-state index is 4.43. The van der Waals surface area contributed by atoms with Gasteiger partial charge in [0.15, 0.2) is 0 Å². The van der Waals surface area contributed by atoms with E-state index in [0.717, 1.165) is 37.4 Å². The number of benzene rings is 1. The van der Waals surface area contributed by atoms with Crippen LogP contribution in [0.2, 0.25) is 0 Å². The number of nitrogens with zero attached hydrogens (tertiary/aromatic N) is 1. The molecule has 3 N–H and O–H groups in total. The molecule has 2 aromatic rings. The van der Waals surface area contributed by atoms with Crippen molar-refractivity contribution in [2.75, 3.05) is 18.4 Å². The molecule has 0 atom stereocenters. The SMILES string of the molecule is Cc1cc(C)c(-c2cc(NC3CCNCC3)n[nH]2)c(C)c1. The molecule has 3 rings (SSSR count). The average molecular weight is 284 g/mol. The molecule has 4 heteroatoms. The van der Waals surface area contributed by atoms with Gasteiger partial charge >= 0.3 is 0 Å². The Balaban J connectivity index is 1.81. The van der Waals surface area contributed by atoms with Crippen molar-refractivity contribution in [1.29, 1.82) is 0 Å². The Morgan fingerprint density at radius 1 is 1.05 bits per heavy atom. The van der Waals surface area contributed by atoms with Gasteiger partial charge in [-0.15, -0.1) is 0 Å². The lowest BCUT2D eigenvalue weighted by atomic mass is 9.97. The first-order valence-corrected chi connectivity index (χ1v) is 7.74. The number of aromatic amines is 1. The van der Waals surface area contributed by atoms with Crippen molar-refractivity contribution in [2.45, 2.75) is 39.7 Å². The zero-order chi connectivity index (χ0) is 14.8. The fourth-order valence-electron chi connectivity index (χ4n) is 3.30. The maximum Gasteiger partial charge on any atom is 0.148 e. The third-order valence-electron chi connectivity index (χ3n) is 4.22. The number of aromatic nitrogens is 2. The molecule has 1 aromatic heterocycles. The molecule has 0 amide bonds. The lowest BCUT2D eigenvalue weighted by molar-refractivity contribution is 0.478. The van der Waals surface area contributed by atoms with Gasteiger partial charge in [0.25, 0.3) is 0 Å². The minimum absolute atomic E-state index is 0.530. The van der Waals surface area contributed by atoms with Crippen molar-refractivity contribution in [3.8, 4) is 11.3 Å². The zero-order valence-electron chi connectivity index (χ0n) is 13.1. The van der Waals surface area contributed by atoms with Crippen molar-refractivity contribution >= 4 is 5.82 Å². The largest absolute Gasteiger partial charge is 0.366 e. The van der Waals surface area contributed by atoms with Gasteiger partial charge in [-0.1, -0.05) is 17.7 Å². The minimum Gasteiger partial charge on any atom is -0.366 e. The van der Waals surface area contributed by atoms with Gasteiger partial charge < -0.3 is 10.6 Å². The first-order valence-electron chi connectivity index (χ1n) is 7.74. The van der Waals surface area contributed by atoms with E-state index in [1.54, 1.807) is 0 Å². The lowest BCUT2D eigenvalue weighted by Crippen LogP contribution is -2.35. The average Bonchev–Trinajstić information content (AvgIpc) is 2.87. The van der Waals surface area contributed by atoms with Gasteiger partial charge in [0, 0.05) is 17.7 Å². The molecule has 1 aliphatic heterocycles. The standard InChI is InChI=1S/C17H24N4/c1-11-8-12(2)17(13(3)9-11)15-10-16(21-20-15)19-14-4-6-18-7-5-14/h8-10,14,18H,4-7H2,1-3H3,(H2,19,20,21). The third-order valence-corrected chi connectivity index (χ3v) is 4.22. The van der Waals surface area contributed by atoms with E-state index < -0.39 is 0 Å². The second-order valence-corrected chi connectivity index (χ2v) is 6.11. The number of nitrogens with one attached hydrogen (secondary N) is 3. The highest BCUT2D eigenvalue weighted by Gasteiger charge is 2.15. The number of anilines is 1. The molecule has 0 saturated carbocycles. The van der Waals surface area contributed by atoms with Crippen LogP contribution in [0.4, 0.5) is 5.82 Å². The van der Waals surface area contributed by atoms with Crippen LogP contribution in [0.15, 0.2) is 18.2 Å². The number of H-pyrrole nitrogens is 1. The normalized spacial score (nSPS) is 16.1. The Labute approximate surface area is 126 Å². The first-order chi connectivity index (χ1) is 10.1. The topological polar surface area (TPSA) is 52.7 Å². The van der Waals surface area contributed by atoms with Crippen LogP contribution in [0.25, 0.3) is 11.3 Å². The number of piperidine rings is 1. The quantitative estimate of drug-likeness (QED) is 0.811. The summed E-state index contributed by atoms with van der Waals surface area (Å²) in [4.78, 5) is 0. The number of hydrogen-bond acceptors (Lipinski definition) is 3. The highest BCUT2D eigenvalue weighted by molar-refractivity contribution is 5.70. The van der Waals surface area contributed by atoms with Crippen LogP contribution in [-0.4, -0.2) is 29.3 Å². The Hall–Kier alpha value is -1.81. The molecule has 4 nitrogen and oxygen atoms in total. The summed E-state index contributed by atoms with van der Waals surface area (Å²) in [7, 11) is 0. The van der Waals surface area contributed by atoms with E-state index >= 15 is 0 Å². The van der Waals surface area contributed by atoms with E-state index in [1.165, 1.54) is 22.3 Å². The molecule has 21 heavy (non-hydrogen) atoms. The van der Waals surface area contributed by atoms with Crippen molar-refractivity contribution in [3.63, 3.8) is 0 Å². The van der Waals surface area contributed by atoms with Crippen molar-refractivity contribution in [1.82, 2.24) is 15.5 Å². The summed E-state index contributed by atoms with van der Waals surface area (Å²) in [5.41, 5.74) is 6.27. The molecule has 1 fully saturated rings. The summed E-state index contributed by atoms with van der Waals surface area (Å²) in [6.07, 6.45) is 2.32. The van der Waals surface area contributed by atoms with Gasteiger partial charge in [0.1, 0.15) is 5.82 Å². The predicted molar refractivity (Wildman–Crippen MR) is 87.7 cm³/mol. The van der Waals surface area contributed by atoms with Crippen molar-refractivity contribution in [2.24, 2.45) is 0 Å². The van der Waals surface area contributed by atoms with Crippen LogP contribution in [0.1, 0.15) is 29.5 Å². The molecule has 0 radical (unpaired) electrons. The molecule has 2 heterocycles. The van der Waals surface area contributed by atoms with Crippen LogP contribution in [0, 0.1) is 20.8 Å². The summed E-state index contributed by atoms with van der Waals surface area (Å²) < 4.78 is 0. The van der Waals surface area contributed by atoms with E-state index in [9.17, 15) is 0 Å². The molecule has 0 aliphatic carbocycles. The summed E-state index contributed by atoms with van der Waals surface area (Å²) >= 11 is 0. The second-order valence-electron chi connectivity index (χ2n) is 6.11. The number of hydrogen-bond donors (Lipinski definition) is 3. The fourth-order valence-corrected chi connectivity index (χ4v) is 3.30. The highest BCUT2D eigenvalue weighted by atomic mass is 15.2. The molecular weight excluding hydrogens is 260 g/mol. The molecule has 1 aliphatic rings. The van der Waals surface area contributed by atoms with Gasteiger partial charge in [-0.05, 0) is 57.8 Å². The Bertz CT molecular complexity index is 600. The van der Waals surface area contributed by atoms with Gasteiger partial charge in [0.2, 0.25) is 0 Å². The number of aryl methyl sites for hydroxylation is 3. The van der Waals surface area contributed by atoms with E-state index in [1.807, 2.05) is 0 Å². The van der Waals surface area contributed by atoms with Gasteiger partial charge in [-0.2, -0.15) is 5.10 Å². The van der Waals surface area contributed by atoms with Crippen LogP contribution in [0.5, 0.6) is 0 Å². The smallest absolute Gasteiger partial charge is 0.148 e. The summed E-state index contributed by atoms with van der Waals surface area (Å²) in [5, 5.41) is 14.5. The number of rotatable bonds is 3. The van der Waals surface area contributed by atoms with Gasteiger partial charge in [0.05, 0.1) is 5.69 Å². The molecule has 0 spiro atoms.